The fourth-order valence-corrected chi connectivity index (χ4v) is 1.85. The molecule has 1 aliphatic carbocycles. The summed E-state index contributed by atoms with van der Waals surface area (Å²) in [6, 6.07) is 0. The average Bonchev–Trinajstić information content (AvgIpc) is 2.08. The Morgan fingerprint density at radius 3 is 2.00 bits per heavy atom. The van der Waals surface area contributed by atoms with Crippen LogP contribution in [0.5, 0.6) is 0 Å². The highest BCUT2D eigenvalue weighted by Gasteiger charge is 2.54. The van der Waals surface area contributed by atoms with E-state index in [4.69, 9.17) is 23.2 Å². The molecule has 0 saturated heterocycles. The van der Waals surface area contributed by atoms with Crippen LogP contribution in [0, 0.1) is 0 Å². The Balaban J connectivity index is 3.03. The summed E-state index contributed by atoms with van der Waals surface area (Å²) in [6.07, 6.45) is -0.586. The van der Waals surface area contributed by atoms with Crippen molar-refractivity contribution in [3.8, 4) is 0 Å². The van der Waals surface area contributed by atoms with E-state index in [0.29, 0.717) is 0 Å². The first kappa shape index (κ1) is 12.3. The smallest absolute Gasteiger partial charge is 0.239 e. The second kappa shape index (κ2) is 3.99. The van der Waals surface area contributed by atoms with Gasteiger partial charge in [-0.05, 0) is 0 Å². The van der Waals surface area contributed by atoms with Gasteiger partial charge in [-0.2, -0.15) is 12.6 Å². The molecule has 6 heteroatoms. The molecule has 0 N–H and O–H groups in total. The second-order valence-electron chi connectivity index (χ2n) is 2.90. The lowest BCUT2D eigenvalue weighted by molar-refractivity contribution is 0.0340. The molecule has 0 aromatic rings. The molecule has 1 rings (SSSR count). The fourth-order valence-electron chi connectivity index (χ4n) is 1.09. The van der Waals surface area contributed by atoms with Gasteiger partial charge in [0.2, 0.25) is 0 Å². The summed E-state index contributed by atoms with van der Waals surface area (Å²) in [5, 5.41) is 0. The van der Waals surface area contributed by atoms with Crippen LogP contribution < -0.4 is 0 Å². The van der Waals surface area contributed by atoms with Gasteiger partial charge < -0.3 is 0 Å². The van der Waals surface area contributed by atoms with Crippen LogP contribution in [0.4, 0.5) is 13.2 Å². The van der Waals surface area contributed by atoms with Gasteiger partial charge in [-0.15, -0.1) is 23.2 Å². The summed E-state index contributed by atoms with van der Waals surface area (Å²) in [5.74, 6) is 0. The maximum Gasteiger partial charge on any atom is 0.271 e. The van der Waals surface area contributed by atoms with Gasteiger partial charge in [-0.1, -0.05) is 24.3 Å². The molecule has 80 valence electrons. The molecule has 0 spiro atoms. The molecular formula is C8H7Cl2F3S. The Bertz CT molecular complexity index is 278. The minimum atomic E-state index is -3.20. The van der Waals surface area contributed by atoms with Gasteiger partial charge in [0, 0.05) is 0 Å². The Labute approximate surface area is 95.2 Å². The Hall–Kier alpha value is 0.200. The Kier molecular flexibility index (Phi) is 3.49. The normalized spacial score (nSPS) is 39.1. The first-order valence-electron chi connectivity index (χ1n) is 3.71. The largest absolute Gasteiger partial charge is 0.271 e. The zero-order chi connectivity index (χ0) is 11.0. The van der Waals surface area contributed by atoms with Crippen molar-refractivity contribution in [3.05, 3.63) is 24.3 Å². The van der Waals surface area contributed by atoms with Gasteiger partial charge in [-0.3, -0.25) is 0 Å². The molecule has 0 amide bonds. The Morgan fingerprint density at radius 1 is 1.07 bits per heavy atom. The van der Waals surface area contributed by atoms with Gasteiger partial charge in [0.05, 0.1) is 0 Å². The van der Waals surface area contributed by atoms with Crippen LogP contribution in [-0.2, 0) is 0 Å². The van der Waals surface area contributed by atoms with Crippen molar-refractivity contribution in [3.63, 3.8) is 0 Å². The van der Waals surface area contributed by atoms with Gasteiger partial charge in [0.1, 0.15) is 9.08 Å². The van der Waals surface area contributed by atoms with Crippen molar-refractivity contribution < 1.29 is 13.2 Å². The number of thiol groups is 1. The third-order valence-electron chi connectivity index (χ3n) is 1.93. The minimum Gasteiger partial charge on any atom is -0.239 e. The van der Waals surface area contributed by atoms with Gasteiger partial charge >= 0.3 is 0 Å². The molecule has 3 atom stereocenters. The van der Waals surface area contributed by atoms with Gasteiger partial charge in [-0.25, -0.2) is 13.2 Å². The summed E-state index contributed by atoms with van der Waals surface area (Å²) in [4.78, 5) is -2.03. The van der Waals surface area contributed by atoms with E-state index in [2.05, 4.69) is 12.6 Å². The number of alkyl halides is 5. The second-order valence-corrected chi connectivity index (χ2v) is 5.09. The first-order chi connectivity index (χ1) is 6.31. The third kappa shape index (κ3) is 1.92. The van der Waals surface area contributed by atoms with Gasteiger partial charge in [0.25, 0.3) is 6.43 Å². The molecule has 0 heterocycles. The van der Waals surface area contributed by atoms with Crippen molar-refractivity contribution >= 4 is 35.8 Å². The standard InChI is InChI=1S/C8H7Cl2F3S/c9-7(5(11)6(12)13)3-1-2-4-8(7,10)14/h1-6,14H. The quantitative estimate of drug-likeness (QED) is 0.571. The molecule has 14 heavy (non-hydrogen) atoms. The number of allylic oxidation sites excluding steroid dienone is 3. The van der Waals surface area contributed by atoms with Crippen LogP contribution in [0.25, 0.3) is 0 Å². The lowest BCUT2D eigenvalue weighted by Gasteiger charge is -2.38. The number of halogens is 5. The molecule has 0 aromatic carbocycles. The fraction of sp³-hybridized carbons (Fsp3) is 0.500. The molecular weight excluding hydrogens is 256 g/mol. The van der Waals surface area contributed by atoms with Crippen molar-refractivity contribution in [1.29, 1.82) is 0 Å². The van der Waals surface area contributed by atoms with E-state index in [9.17, 15) is 13.2 Å². The van der Waals surface area contributed by atoms with E-state index in [1.54, 1.807) is 0 Å². The summed E-state index contributed by atoms with van der Waals surface area (Å²) in [6.45, 7) is 0. The molecule has 0 saturated carbocycles. The third-order valence-corrected chi connectivity index (χ3v) is 3.75. The van der Waals surface area contributed by atoms with Crippen molar-refractivity contribution in [2.45, 2.75) is 21.7 Å². The molecule has 3 unspecified atom stereocenters. The molecule has 0 aromatic heterocycles. The highest BCUT2D eigenvalue weighted by atomic mass is 35.5. The van der Waals surface area contributed by atoms with E-state index < -0.39 is 21.7 Å². The molecule has 0 fully saturated rings. The highest BCUT2D eigenvalue weighted by molar-refractivity contribution is 7.83. The predicted molar refractivity (Wildman–Crippen MR) is 55.3 cm³/mol. The zero-order valence-electron chi connectivity index (χ0n) is 6.80. The predicted octanol–water partition coefficient (Wildman–Crippen LogP) is 3.56. The SMILES string of the molecule is FC(F)C(F)C1(Cl)C=CC=CC1(S)Cl. The topological polar surface area (TPSA) is 0 Å². The van der Waals surface area contributed by atoms with E-state index in [-0.39, 0.29) is 0 Å². The molecule has 0 nitrogen and oxygen atoms in total. The molecule has 1 aliphatic rings. The van der Waals surface area contributed by atoms with Crippen molar-refractivity contribution in [1.82, 2.24) is 0 Å². The minimum absolute atomic E-state index is 1.09. The number of rotatable bonds is 2. The van der Waals surface area contributed by atoms with E-state index >= 15 is 0 Å². The number of hydrogen-bond acceptors (Lipinski definition) is 1. The van der Waals surface area contributed by atoms with Crippen LogP contribution in [0.2, 0.25) is 0 Å². The average molecular weight is 263 g/mol. The van der Waals surface area contributed by atoms with Crippen LogP contribution in [-0.4, -0.2) is 21.7 Å². The van der Waals surface area contributed by atoms with Crippen LogP contribution >= 0.6 is 35.8 Å². The monoisotopic (exact) mass is 262 g/mol. The van der Waals surface area contributed by atoms with E-state index in [0.717, 1.165) is 6.08 Å². The summed E-state index contributed by atoms with van der Waals surface area (Å²) in [7, 11) is 0. The van der Waals surface area contributed by atoms with Crippen LogP contribution in [0.3, 0.4) is 0 Å². The molecule has 0 aliphatic heterocycles. The maximum absolute atomic E-state index is 13.2. The lowest BCUT2D eigenvalue weighted by Crippen LogP contribution is -2.50. The Morgan fingerprint density at radius 2 is 1.57 bits per heavy atom. The van der Waals surface area contributed by atoms with Gasteiger partial charge in [0.15, 0.2) is 6.17 Å². The molecule has 0 radical (unpaired) electrons. The molecule has 0 bridgehead atoms. The lowest BCUT2D eigenvalue weighted by atomic mass is 9.93. The zero-order valence-corrected chi connectivity index (χ0v) is 9.21. The van der Waals surface area contributed by atoms with E-state index in [1.165, 1.54) is 18.2 Å². The highest BCUT2D eigenvalue weighted by Crippen LogP contribution is 2.47. The first-order valence-corrected chi connectivity index (χ1v) is 4.91. The van der Waals surface area contributed by atoms with E-state index in [1.807, 2.05) is 0 Å². The van der Waals surface area contributed by atoms with Crippen LogP contribution in [0.15, 0.2) is 24.3 Å². The maximum atomic E-state index is 13.2. The van der Waals surface area contributed by atoms with Crippen LogP contribution in [0.1, 0.15) is 0 Å². The summed E-state index contributed by atoms with van der Waals surface area (Å²) < 4.78 is 35.9. The summed E-state index contributed by atoms with van der Waals surface area (Å²) >= 11 is 15.3. The van der Waals surface area contributed by atoms with Crippen molar-refractivity contribution in [2.75, 3.05) is 0 Å². The van der Waals surface area contributed by atoms with Crippen molar-refractivity contribution in [2.24, 2.45) is 0 Å². The number of hydrogen-bond donors (Lipinski definition) is 1. The summed E-state index contributed by atoms with van der Waals surface area (Å²) in [5.41, 5.74) is 0.